The smallest absolute Gasteiger partial charge is 0.0723 e. The van der Waals surface area contributed by atoms with Crippen molar-refractivity contribution in [3.63, 3.8) is 0 Å². The lowest BCUT2D eigenvalue weighted by atomic mass is 9.64. The van der Waals surface area contributed by atoms with Crippen molar-refractivity contribution in [2.24, 2.45) is 5.92 Å². The fourth-order valence-electron chi connectivity index (χ4n) is 9.50. The minimum absolute atomic E-state index is 0.171. The molecule has 0 heterocycles. The third kappa shape index (κ3) is 3.64. The van der Waals surface area contributed by atoms with Gasteiger partial charge >= 0.3 is 0 Å². The Morgan fingerprint density at radius 2 is 1.31 bits per heavy atom. The van der Waals surface area contributed by atoms with Crippen LogP contribution >= 0.6 is 0 Å². The second kappa shape index (κ2) is 10.0. The van der Waals surface area contributed by atoms with E-state index in [1.54, 1.807) is 0 Å². The van der Waals surface area contributed by atoms with E-state index in [9.17, 15) is 0 Å². The Morgan fingerprint density at radius 3 is 2.14 bits per heavy atom. The zero-order valence-corrected chi connectivity index (χ0v) is 27.0. The summed E-state index contributed by atoms with van der Waals surface area (Å²) in [5.41, 5.74) is 14.7. The summed E-state index contributed by atoms with van der Waals surface area (Å²) in [6, 6.07) is 50.2. The van der Waals surface area contributed by atoms with Crippen molar-refractivity contribution >= 4 is 39.6 Å². The van der Waals surface area contributed by atoms with E-state index in [2.05, 4.69) is 176 Å². The summed E-state index contributed by atoms with van der Waals surface area (Å²) >= 11 is 0. The Balaban J connectivity index is 1.26. The van der Waals surface area contributed by atoms with E-state index in [0.717, 1.165) is 6.42 Å². The van der Waals surface area contributed by atoms with Crippen LogP contribution in [0, 0.1) is 5.92 Å². The van der Waals surface area contributed by atoms with Crippen LogP contribution in [0.25, 0.3) is 50.8 Å². The maximum Gasteiger partial charge on any atom is 0.0723 e. The van der Waals surface area contributed by atoms with Crippen LogP contribution in [0.5, 0.6) is 0 Å². The van der Waals surface area contributed by atoms with Crippen molar-refractivity contribution in [2.75, 3.05) is 0 Å². The summed E-state index contributed by atoms with van der Waals surface area (Å²) in [4.78, 5) is 0. The first-order valence-electron chi connectivity index (χ1n) is 17.4. The Kier molecular flexibility index (Phi) is 5.52. The molecule has 1 atom stereocenters. The van der Waals surface area contributed by atoms with Crippen LogP contribution in [-0.2, 0) is 5.41 Å². The highest BCUT2D eigenvalue weighted by Gasteiger charge is 2.53. The topological polar surface area (TPSA) is 0 Å². The van der Waals surface area contributed by atoms with E-state index in [1.165, 1.54) is 92.9 Å². The summed E-state index contributed by atoms with van der Waals surface area (Å²) in [6.45, 7) is 0. The zero-order valence-electron chi connectivity index (χ0n) is 27.0. The lowest BCUT2D eigenvalue weighted by Crippen LogP contribution is -2.32. The van der Waals surface area contributed by atoms with Gasteiger partial charge < -0.3 is 0 Å². The Labute approximate surface area is 285 Å². The third-order valence-electron chi connectivity index (χ3n) is 11.6. The van der Waals surface area contributed by atoms with E-state index < -0.39 is 5.41 Å². The van der Waals surface area contributed by atoms with Gasteiger partial charge in [0.1, 0.15) is 0 Å². The minimum Gasteiger partial charge on any atom is -0.0726 e. The molecule has 0 fully saturated rings. The van der Waals surface area contributed by atoms with E-state index in [1.807, 2.05) is 0 Å². The van der Waals surface area contributed by atoms with Crippen molar-refractivity contribution in [1.82, 2.24) is 0 Å². The highest BCUT2D eigenvalue weighted by atomic mass is 14.5. The molecule has 1 unspecified atom stereocenters. The lowest BCUT2D eigenvalue weighted by Gasteiger charge is -2.37. The van der Waals surface area contributed by atoms with Crippen LogP contribution in [0.1, 0.15) is 28.7 Å². The van der Waals surface area contributed by atoms with Gasteiger partial charge in [-0.25, -0.2) is 0 Å². The van der Waals surface area contributed by atoms with Crippen molar-refractivity contribution in [2.45, 2.75) is 11.8 Å². The van der Waals surface area contributed by atoms with Crippen molar-refractivity contribution < 1.29 is 0 Å². The van der Waals surface area contributed by atoms with Gasteiger partial charge in [-0.15, -0.1) is 0 Å². The SMILES string of the molecule is C1=CC2=C(c3ccc4ccccc4c3)C=C3C(=c4ccc(=C5C=c6ccccc6=CC5)cc4C34c3ccccc3-c3ccccc34)C2C=C1. The molecule has 5 aliphatic rings. The molecule has 0 aliphatic heterocycles. The molecule has 6 aromatic rings. The summed E-state index contributed by atoms with van der Waals surface area (Å²) in [5, 5.41) is 7.87. The van der Waals surface area contributed by atoms with Crippen LogP contribution in [0.15, 0.2) is 175 Å². The molecule has 1 spiro atoms. The van der Waals surface area contributed by atoms with Gasteiger partial charge in [-0.1, -0.05) is 158 Å². The average Bonchev–Trinajstić information content (AvgIpc) is 3.64. The number of allylic oxidation sites excluding steroid dienone is 8. The fourth-order valence-corrected chi connectivity index (χ4v) is 9.50. The molecule has 11 rings (SSSR count). The van der Waals surface area contributed by atoms with Gasteiger partial charge in [0.15, 0.2) is 0 Å². The molecule has 0 nitrogen and oxygen atoms in total. The molecule has 0 amide bonds. The highest BCUT2D eigenvalue weighted by Crippen LogP contribution is 2.62. The van der Waals surface area contributed by atoms with E-state index in [0.29, 0.717) is 0 Å². The monoisotopic (exact) mass is 620 g/mol. The molecule has 0 N–H and O–H groups in total. The van der Waals surface area contributed by atoms with E-state index in [4.69, 9.17) is 0 Å². The van der Waals surface area contributed by atoms with Crippen LogP contribution in [0.3, 0.4) is 0 Å². The standard InChI is InChI=1S/C49H32/c1-3-13-33-27-35(23-21-31(33)11-1)36-25-26-42-46(29-36)49(44-19-9-7-16-39(44)40-17-8-10-20-45(40)49)47-30-43(38-15-5-6-18-41(38)48(42)47)37-24-22-32-12-2-4-14-34(32)28-37/h1-22,24-30,41H,23H2. The molecule has 0 saturated carbocycles. The predicted octanol–water partition coefficient (Wildman–Crippen LogP) is 8.27. The average molecular weight is 621 g/mol. The van der Waals surface area contributed by atoms with Gasteiger partial charge in [-0.2, -0.15) is 0 Å². The molecule has 0 saturated heterocycles. The number of rotatable bonds is 1. The van der Waals surface area contributed by atoms with Gasteiger partial charge in [0.05, 0.1) is 5.41 Å². The quantitative estimate of drug-likeness (QED) is 0.174. The van der Waals surface area contributed by atoms with Crippen molar-refractivity contribution in [1.29, 1.82) is 0 Å². The van der Waals surface area contributed by atoms with Gasteiger partial charge in [0.2, 0.25) is 0 Å². The maximum atomic E-state index is 2.57. The first-order chi connectivity index (χ1) is 24.3. The van der Waals surface area contributed by atoms with Crippen LogP contribution < -0.4 is 20.9 Å². The Hall–Kier alpha value is -5.98. The second-order valence-electron chi connectivity index (χ2n) is 13.9. The molecule has 0 radical (unpaired) electrons. The number of fused-ring (bicyclic) bond motifs is 13. The molecule has 0 aromatic heterocycles. The zero-order chi connectivity index (χ0) is 32.1. The van der Waals surface area contributed by atoms with Gasteiger partial charge in [-0.05, 0) is 118 Å². The largest absolute Gasteiger partial charge is 0.0726 e. The van der Waals surface area contributed by atoms with E-state index in [-0.39, 0.29) is 5.92 Å². The number of hydrogen-bond donors (Lipinski definition) is 0. The number of benzene rings is 6. The summed E-state index contributed by atoms with van der Waals surface area (Å²) < 4.78 is 0. The highest BCUT2D eigenvalue weighted by molar-refractivity contribution is 6.01. The molecule has 0 bridgehead atoms. The number of hydrogen-bond acceptors (Lipinski definition) is 0. The van der Waals surface area contributed by atoms with Crippen molar-refractivity contribution in [3.05, 3.63) is 218 Å². The van der Waals surface area contributed by atoms with Gasteiger partial charge in [0.25, 0.3) is 0 Å². The third-order valence-corrected chi connectivity index (χ3v) is 11.6. The van der Waals surface area contributed by atoms with Crippen LogP contribution in [0.2, 0.25) is 0 Å². The van der Waals surface area contributed by atoms with Crippen LogP contribution in [-0.4, -0.2) is 0 Å². The summed E-state index contributed by atoms with van der Waals surface area (Å²) in [7, 11) is 0. The molecule has 228 valence electrons. The summed E-state index contributed by atoms with van der Waals surface area (Å²) in [6.07, 6.45) is 17.5. The normalized spacial score (nSPS) is 19.7. The Bertz CT molecular complexity index is 2800. The molecule has 5 aliphatic carbocycles. The Morgan fingerprint density at radius 1 is 0.571 bits per heavy atom. The molecular weight excluding hydrogens is 589 g/mol. The van der Waals surface area contributed by atoms with Crippen molar-refractivity contribution in [3.8, 4) is 11.1 Å². The van der Waals surface area contributed by atoms with Gasteiger partial charge in [-0.3, -0.25) is 0 Å². The molecule has 6 aromatic carbocycles. The predicted molar refractivity (Wildman–Crippen MR) is 204 cm³/mol. The van der Waals surface area contributed by atoms with E-state index >= 15 is 0 Å². The summed E-state index contributed by atoms with van der Waals surface area (Å²) in [5.74, 6) is 0.171. The second-order valence-corrected chi connectivity index (χ2v) is 13.9. The molecule has 49 heavy (non-hydrogen) atoms. The maximum absolute atomic E-state index is 2.57. The first kappa shape index (κ1) is 27.0. The lowest BCUT2D eigenvalue weighted by molar-refractivity contribution is 0.775. The van der Waals surface area contributed by atoms with Gasteiger partial charge in [0, 0.05) is 5.92 Å². The minimum atomic E-state index is -0.409. The van der Waals surface area contributed by atoms with Crippen LogP contribution in [0.4, 0.5) is 0 Å². The molecular formula is C49H32. The molecule has 0 heteroatoms. The fraction of sp³-hybridized carbons (Fsp3) is 0.0612. The first-order valence-corrected chi connectivity index (χ1v) is 17.4.